The Balaban J connectivity index is 1.50. The van der Waals surface area contributed by atoms with Gasteiger partial charge < -0.3 is 10.1 Å². The van der Waals surface area contributed by atoms with Gasteiger partial charge in [0.05, 0.1) is 23.9 Å². The van der Waals surface area contributed by atoms with Crippen LogP contribution in [0.1, 0.15) is 24.6 Å². The first kappa shape index (κ1) is 19.9. The summed E-state index contributed by atoms with van der Waals surface area (Å²) in [5.41, 5.74) is 0.837. The van der Waals surface area contributed by atoms with E-state index in [1.165, 1.54) is 31.0 Å². The first-order chi connectivity index (χ1) is 14.6. The molecule has 154 valence electrons. The summed E-state index contributed by atoms with van der Waals surface area (Å²) in [6.07, 6.45) is 2.16. The van der Waals surface area contributed by atoms with E-state index in [9.17, 15) is 14.9 Å². The molecule has 1 heterocycles. The van der Waals surface area contributed by atoms with Crippen LogP contribution in [0.3, 0.4) is 0 Å². The first-order valence-electron chi connectivity index (χ1n) is 9.32. The number of anilines is 1. The van der Waals surface area contributed by atoms with Crippen molar-refractivity contribution in [3.05, 3.63) is 64.5 Å². The maximum absolute atomic E-state index is 12.5. The van der Waals surface area contributed by atoms with Crippen molar-refractivity contribution in [2.75, 3.05) is 18.2 Å². The SMILES string of the molecule is COc1ccc(NC(=O)CSc2nnc(C3CC3)n2-c2ccccc2)c([N+](=O)[O-])c1. The molecule has 0 bridgehead atoms. The van der Waals surface area contributed by atoms with Crippen LogP contribution in [0.5, 0.6) is 5.75 Å². The third-order valence-electron chi connectivity index (χ3n) is 4.62. The topological polar surface area (TPSA) is 112 Å². The van der Waals surface area contributed by atoms with E-state index < -0.39 is 4.92 Å². The van der Waals surface area contributed by atoms with Crippen molar-refractivity contribution < 1.29 is 14.5 Å². The lowest BCUT2D eigenvalue weighted by atomic mass is 10.2. The number of nitro benzene ring substituents is 1. The number of thioether (sulfide) groups is 1. The minimum atomic E-state index is -0.556. The summed E-state index contributed by atoms with van der Waals surface area (Å²) in [6, 6.07) is 14.1. The predicted molar refractivity (Wildman–Crippen MR) is 112 cm³/mol. The molecule has 1 amide bonds. The van der Waals surface area contributed by atoms with Crippen LogP contribution < -0.4 is 10.1 Å². The number of aromatic nitrogens is 3. The first-order valence-corrected chi connectivity index (χ1v) is 10.3. The van der Waals surface area contributed by atoms with Crippen LogP contribution in [0, 0.1) is 10.1 Å². The molecule has 1 N–H and O–H groups in total. The van der Waals surface area contributed by atoms with Gasteiger partial charge in [-0.2, -0.15) is 0 Å². The van der Waals surface area contributed by atoms with E-state index >= 15 is 0 Å². The van der Waals surface area contributed by atoms with Crippen molar-refractivity contribution in [2.45, 2.75) is 23.9 Å². The number of carbonyl (C=O) groups is 1. The Morgan fingerprint density at radius 1 is 1.27 bits per heavy atom. The number of methoxy groups -OCH3 is 1. The van der Waals surface area contributed by atoms with Crippen molar-refractivity contribution in [3.63, 3.8) is 0 Å². The van der Waals surface area contributed by atoms with Crippen LogP contribution in [-0.2, 0) is 4.79 Å². The molecule has 30 heavy (non-hydrogen) atoms. The van der Waals surface area contributed by atoms with Gasteiger partial charge in [-0.05, 0) is 37.1 Å². The van der Waals surface area contributed by atoms with Crippen LogP contribution in [0.4, 0.5) is 11.4 Å². The molecule has 1 aliphatic carbocycles. The van der Waals surface area contributed by atoms with Gasteiger partial charge in [-0.25, -0.2) is 0 Å². The van der Waals surface area contributed by atoms with Gasteiger partial charge >= 0.3 is 0 Å². The Kier molecular flexibility index (Phi) is 5.66. The van der Waals surface area contributed by atoms with Gasteiger partial charge in [-0.1, -0.05) is 30.0 Å². The molecule has 0 spiro atoms. The number of nitrogens with zero attached hydrogens (tertiary/aromatic N) is 4. The second-order valence-corrected chi connectivity index (χ2v) is 7.71. The van der Waals surface area contributed by atoms with E-state index in [-0.39, 0.29) is 23.0 Å². The van der Waals surface area contributed by atoms with Crippen LogP contribution in [-0.4, -0.2) is 38.5 Å². The van der Waals surface area contributed by atoms with Gasteiger partial charge in [0.15, 0.2) is 5.16 Å². The second kappa shape index (κ2) is 8.54. The van der Waals surface area contributed by atoms with Crippen LogP contribution in [0.2, 0.25) is 0 Å². The van der Waals surface area contributed by atoms with E-state index in [0.29, 0.717) is 16.8 Å². The maximum Gasteiger partial charge on any atom is 0.296 e. The Bertz CT molecular complexity index is 1080. The number of nitrogens with one attached hydrogen (secondary N) is 1. The highest BCUT2D eigenvalue weighted by molar-refractivity contribution is 7.99. The highest BCUT2D eigenvalue weighted by atomic mass is 32.2. The number of para-hydroxylation sites is 1. The summed E-state index contributed by atoms with van der Waals surface area (Å²) in [4.78, 5) is 23.2. The second-order valence-electron chi connectivity index (χ2n) is 6.76. The summed E-state index contributed by atoms with van der Waals surface area (Å²) in [6.45, 7) is 0. The smallest absolute Gasteiger partial charge is 0.296 e. The Labute approximate surface area is 176 Å². The summed E-state index contributed by atoms with van der Waals surface area (Å²) < 4.78 is 6.99. The summed E-state index contributed by atoms with van der Waals surface area (Å²) in [5, 5.41) is 23.1. The zero-order valence-corrected chi connectivity index (χ0v) is 17.0. The van der Waals surface area contributed by atoms with Crippen molar-refractivity contribution >= 4 is 29.0 Å². The van der Waals surface area contributed by atoms with Crippen molar-refractivity contribution in [1.29, 1.82) is 0 Å². The zero-order chi connectivity index (χ0) is 21.1. The molecule has 0 radical (unpaired) electrons. The molecule has 2 aromatic carbocycles. The molecule has 1 fully saturated rings. The Morgan fingerprint density at radius 2 is 2.03 bits per heavy atom. The molecule has 0 saturated heterocycles. The van der Waals surface area contributed by atoms with Crippen molar-refractivity contribution in [2.24, 2.45) is 0 Å². The molecule has 0 aliphatic heterocycles. The van der Waals surface area contributed by atoms with Crippen LogP contribution >= 0.6 is 11.8 Å². The number of benzene rings is 2. The molecule has 10 heteroatoms. The third kappa shape index (κ3) is 4.28. The molecule has 4 rings (SSSR count). The molecule has 0 atom stereocenters. The molecule has 9 nitrogen and oxygen atoms in total. The van der Waals surface area contributed by atoms with E-state index in [1.807, 2.05) is 34.9 Å². The molecule has 1 aliphatic rings. The number of hydrogen-bond donors (Lipinski definition) is 1. The molecular weight excluding hydrogens is 406 g/mol. The number of hydrogen-bond acceptors (Lipinski definition) is 7. The fraction of sp³-hybridized carbons (Fsp3) is 0.250. The van der Waals surface area contributed by atoms with Gasteiger partial charge in [-0.15, -0.1) is 10.2 Å². The molecule has 0 unspecified atom stereocenters. The number of ether oxygens (including phenoxy) is 1. The average molecular weight is 425 g/mol. The van der Waals surface area contributed by atoms with Crippen LogP contribution in [0.15, 0.2) is 53.7 Å². The Hall–Kier alpha value is -3.40. The van der Waals surface area contributed by atoms with E-state index in [0.717, 1.165) is 24.4 Å². The van der Waals surface area contributed by atoms with Gasteiger partial charge in [0.1, 0.15) is 17.3 Å². The maximum atomic E-state index is 12.5. The van der Waals surface area contributed by atoms with Crippen LogP contribution in [0.25, 0.3) is 5.69 Å². The molecule has 1 saturated carbocycles. The number of rotatable bonds is 8. The monoisotopic (exact) mass is 425 g/mol. The van der Waals surface area contributed by atoms with E-state index in [1.54, 1.807) is 6.07 Å². The largest absolute Gasteiger partial charge is 0.496 e. The Morgan fingerprint density at radius 3 is 2.70 bits per heavy atom. The highest BCUT2D eigenvalue weighted by Gasteiger charge is 2.31. The lowest BCUT2D eigenvalue weighted by Gasteiger charge is -2.10. The minimum Gasteiger partial charge on any atom is -0.496 e. The third-order valence-corrected chi connectivity index (χ3v) is 5.55. The standard InChI is InChI=1S/C20H19N5O4S/c1-29-15-9-10-16(17(11-15)25(27)28)21-18(26)12-30-20-23-22-19(13-7-8-13)24(20)14-5-3-2-4-6-14/h2-6,9-11,13H,7-8,12H2,1H3,(H,21,26). The normalized spacial score (nSPS) is 13.1. The minimum absolute atomic E-state index is 0.0405. The quantitative estimate of drug-likeness (QED) is 0.332. The summed E-state index contributed by atoms with van der Waals surface area (Å²) >= 11 is 1.24. The lowest BCUT2D eigenvalue weighted by Crippen LogP contribution is -2.15. The molecular formula is C20H19N5O4S. The van der Waals surface area contributed by atoms with E-state index in [2.05, 4.69) is 15.5 Å². The number of nitro groups is 1. The van der Waals surface area contributed by atoms with Crippen molar-refractivity contribution in [1.82, 2.24) is 14.8 Å². The van der Waals surface area contributed by atoms with Gasteiger partial charge in [0.2, 0.25) is 5.91 Å². The molecule has 3 aromatic rings. The average Bonchev–Trinajstić information content (AvgIpc) is 3.52. The van der Waals surface area contributed by atoms with Gasteiger partial charge in [0.25, 0.3) is 5.69 Å². The fourth-order valence-corrected chi connectivity index (χ4v) is 3.77. The summed E-state index contributed by atoms with van der Waals surface area (Å²) in [7, 11) is 1.42. The number of amides is 1. The molecule has 1 aromatic heterocycles. The van der Waals surface area contributed by atoms with Gasteiger partial charge in [0, 0.05) is 11.6 Å². The fourth-order valence-electron chi connectivity index (χ4n) is 3.01. The number of carbonyl (C=O) groups excluding carboxylic acids is 1. The summed E-state index contributed by atoms with van der Waals surface area (Å²) in [5.74, 6) is 1.30. The van der Waals surface area contributed by atoms with Crippen molar-refractivity contribution in [3.8, 4) is 11.4 Å². The zero-order valence-electron chi connectivity index (χ0n) is 16.1. The highest BCUT2D eigenvalue weighted by Crippen LogP contribution is 2.41. The van der Waals surface area contributed by atoms with E-state index in [4.69, 9.17) is 4.74 Å². The predicted octanol–water partition coefficient (Wildman–Crippen LogP) is 3.79. The lowest BCUT2D eigenvalue weighted by molar-refractivity contribution is -0.384. The van der Waals surface area contributed by atoms with Gasteiger partial charge in [-0.3, -0.25) is 19.5 Å².